The van der Waals surface area contributed by atoms with Crippen LogP contribution in [-0.2, 0) is 6.42 Å². The van der Waals surface area contributed by atoms with Gasteiger partial charge < -0.3 is 5.32 Å². The Hall–Kier alpha value is -0.380. The Labute approximate surface area is 108 Å². The number of piperazine rings is 1. The average Bonchev–Trinajstić information content (AvgIpc) is 3.00. The molecule has 1 N–H and O–H groups in total. The molecular weight excluding hydrogens is 228 g/mol. The van der Waals surface area contributed by atoms with Crippen LogP contribution in [0.5, 0.6) is 0 Å². The maximum absolute atomic E-state index is 3.60. The van der Waals surface area contributed by atoms with Crippen molar-refractivity contribution in [1.29, 1.82) is 0 Å². The number of rotatable bonds is 3. The molecule has 1 aromatic rings. The van der Waals surface area contributed by atoms with Crippen molar-refractivity contribution in [2.75, 3.05) is 26.2 Å². The number of thiophene rings is 1. The molecular formula is C14H22N2S. The van der Waals surface area contributed by atoms with Gasteiger partial charge in [0.15, 0.2) is 0 Å². The molecule has 3 rings (SSSR count). The van der Waals surface area contributed by atoms with Crippen LogP contribution in [0.15, 0.2) is 17.5 Å². The molecule has 3 heteroatoms. The highest BCUT2D eigenvalue weighted by molar-refractivity contribution is 7.09. The second kappa shape index (κ2) is 5.09. The minimum absolute atomic E-state index is 0.509. The fourth-order valence-corrected chi connectivity index (χ4v) is 4.16. The molecule has 1 aliphatic heterocycles. The van der Waals surface area contributed by atoms with E-state index in [2.05, 4.69) is 27.7 Å². The Morgan fingerprint density at radius 3 is 3.00 bits per heavy atom. The van der Waals surface area contributed by atoms with Crippen molar-refractivity contribution in [1.82, 2.24) is 10.2 Å². The van der Waals surface area contributed by atoms with E-state index in [0.29, 0.717) is 5.54 Å². The Balaban J connectivity index is 1.63. The van der Waals surface area contributed by atoms with Crippen molar-refractivity contribution >= 4 is 11.3 Å². The van der Waals surface area contributed by atoms with E-state index < -0.39 is 0 Å². The van der Waals surface area contributed by atoms with Gasteiger partial charge in [0.25, 0.3) is 0 Å². The number of nitrogens with zero attached hydrogens (tertiary/aromatic N) is 1. The maximum Gasteiger partial charge on any atom is 0.0334 e. The average molecular weight is 250 g/mol. The zero-order valence-electron chi connectivity index (χ0n) is 10.5. The Bertz CT molecular complexity index is 341. The fraction of sp³-hybridized carbons (Fsp3) is 0.714. The lowest BCUT2D eigenvalue weighted by molar-refractivity contribution is 0.0663. The van der Waals surface area contributed by atoms with Crippen LogP contribution in [0.3, 0.4) is 0 Å². The number of hydrogen-bond acceptors (Lipinski definition) is 3. The summed E-state index contributed by atoms with van der Waals surface area (Å²) < 4.78 is 0. The lowest BCUT2D eigenvalue weighted by atomic mass is 9.92. The van der Waals surface area contributed by atoms with E-state index in [0.717, 1.165) is 0 Å². The molecule has 0 bridgehead atoms. The zero-order valence-corrected chi connectivity index (χ0v) is 11.3. The van der Waals surface area contributed by atoms with Crippen LogP contribution in [-0.4, -0.2) is 36.6 Å². The van der Waals surface area contributed by atoms with Gasteiger partial charge in [0.2, 0.25) is 0 Å². The summed E-state index contributed by atoms with van der Waals surface area (Å²) in [6.07, 6.45) is 6.91. The summed E-state index contributed by atoms with van der Waals surface area (Å²) in [6.45, 7) is 4.89. The largest absolute Gasteiger partial charge is 0.314 e. The van der Waals surface area contributed by atoms with Crippen LogP contribution in [0.1, 0.15) is 30.6 Å². The summed E-state index contributed by atoms with van der Waals surface area (Å²) in [6, 6.07) is 4.44. The van der Waals surface area contributed by atoms with E-state index in [1.54, 1.807) is 0 Å². The standard InChI is InChI=1S/C14H22N2S/c1-2-7-14(6-1)12-15-8-10-16(14)9-5-13-4-3-11-17-13/h3-4,11,15H,1-2,5-10,12H2. The van der Waals surface area contributed by atoms with E-state index in [1.807, 2.05) is 11.3 Å². The molecule has 0 unspecified atom stereocenters. The Morgan fingerprint density at radius 1 is 1.35 bits per heavy atom. The minimum atomic E-state index is 0.509. The SMILES string of the molecule is c1csc(CCN2CCNCC23CCCC3)c1. The van der Waals surface area contributed by atoms with Gasteiger partial charge in [-0.05, 0) is 30.7 Å². The summed E-state index contributed by atoms with van der Waals surface area (Å²) in [5.41, 5.74) is 0.509. The summed E-state index contributed by atoms with van der Waals surface area (Å²) >= 11 is 1.90. The molecule has 2 aliphatic rings. The molecule has 94 valence electrons. The molecule has 2 fully saturated rings. The van der Waals surface area contributed by atoms with Gasteiger partial charge in [0.1, 0.15) is 0 Å². The van der Waals surface area contributed by atoms with Crippen LogP contribution >= 0.6 is 11.3 Å². The van der Waals surface area contributed by atoms with Crippen LogP contribution in [0.4, 0.5) is 0 Å². The van der Waals surface area contributed by atoms with Gasteiger partial charge in [-0.3, -0.25) is 4.90 Å². The van der Waals surface area contributed by atoms with Crippen LogP contribution < -0.4 is 5.32 Å². The first kappa shape index (κ1) is 11.7. The Kier molecular flexibility index (Phi) is 3.50. The van der Waals surface area contributed by atoms with Gasteiger partial charge in [-0.25, -0.2) is 0 Å². The number of hydrogen-bond donors (Lipinski definition) is 1. The van der Waals surface area contributed by atoms with Crippen molar-refractivity contribution in [3.05, 3.63) is 22.4 Å². The van der Waals surface area contributed by atoms with Gasteiger partial charge in [0.05, 0.1) is 0 Å². The normalized spacial score (nSPS) is 24.5. The molecule has 2 nitrogen and oxygen atoms in total. The van der Waals surface area contributed by atoms with Crippen molar-refractivity contribution in [3.8, 4) is 0 Å². The summed E-state index contributed by atoms with van der Waals surface area (Å²) in [7, 11) is 0. The smallest absolute Gasteiger partial charge is 0.0334 e. The van der Waals surface area contributed by atoms with E-state index in [1.165, 1.54) is 63.2 Å². The summed E-state index contributed by atoms with van der Waals surface area (Å²) in [4.78, 5) is 4.31. The third kappa shape index (κ3) is 2.42. The second-order valence-electron chi connectivity index (χ2n) is 5.42. The molecule has 0 atom stereocenters. The third-order valence-corrected chi connectivity index (χ3v) is 5.36. The lowest BCUT2D eigenvalue weighted by Gasteiger charge is -2.45. The highest BCUT2D eigenvalue weighted by Crippen LogP contribution is 2.36. The topological polar surface area (TPSA) is 15.3 Å². The predicted octanol–water partition coefficient (Wildman–Crippen LogP) is 2.51. The monoisotopic (exact) mass is 250 g/mol. The molecule has 1 aromatic heterocycles. The first-order valence-corrected chi connectivity index (χ1v) is 7.75. The van der Waals surface area contributed by atoms with Gasteiger partial charge in [0, 0.05) is 36.6 Å². The second-order valence-corrected chi connectivity index (χ2v) is 6.46. The molecule has 1 spiro atoms. The molecule has 1 aliphatic carbocycles. The van der Waals surface area contributed by atoms with Crippen molar-refractivity contribution in [2.45, 2.75) is 37.6 Å². The van der Waals surface area contributed by atoms with Crippen molar-refractivity contribution < 1.29 is 0 Å². The van der Waals surface area contributed by atoms with E-state index in [-0.39, 0.29) is 0 Å². The fourth-order valence-electron chi connectivity index (χ4n) is 3.46. The molecule has 0 radical (unpaired) electrons. The molecule has 1 saturated heterocycles. The first-order chi connectivity index (χ1) is 8.39. The summed E-state index contributed by atoms with van der Waals surface area (Å²) in [5, 5.41) is 5.79. The van der Waals surface area contributed by atoms with Gasteiger partial charge in [-0.15, -0.1) is 11.3 Å². The molecule has 1 saturated carbocycles. The Morgan fingerprint density at radius 2 is 2.24 bits per heavy atom. The zero-order chi connectivity index (χ0) is 11.6. The minimum Gasteiger partial charge on any atom is -0.314 e. The van der Waals surface area contributed by atoms with Crippen molar-refractivity contribution in [3.63, 3.8) is 0 Å². The highest BCUT2D eigenvalue weighted by Gasteiger charge is 2.40. The quantitative estimate of drug-likeness (QED) is 0.887. The third-order valence-electron chi connectivity index (χ3n) is 4.43. The van der Waals surface area contributed by atoms with E-state index in [4.69, 9.17) is 0 Å². The van der Waals surface area contributed by atoms with E-state index >= 15 is 0 Å². The van der Waals surface area contributed by atoms with Gasteiger partial charge >= 0.3 is 0 Å². The van der Waals surface area contributed by atoms with Crippen molar-refractivity contribution in [2.24, 2.45) is 0 Å². The lowest BCUT2D eigenvalue weighted by Crippen LogP contribution is -2.60. The molecule has 0 aromatic carbocycles. The van der Waals surface area contributed by atoms with Crippen LogP contribution in [0, 0.1) is 0 Å². The van der Waals surface area contributed by atoms with E-state index in [9.17, 15) is 0 Å². The predicted molar refractivity (Wildman–Crippen MR) is 73.7 cm³/mol. The van der Waals surface area contributed by atoms with Crippen LogP contribution in [0.2, 0.25) is 0 Å². The van der Waals surface area contributed by atoms with Gasteiger partial charge in [-0.1, -0.05) is 18.9 Å². The molecule has 17 heavy (non-hydrogen) atoms. The van der Waals surface area contributed by atoms with Crippen LogP contribution in [0.25, 0.3) is 0 Å². The molecule has 0 amide bonds. The summed E-state index contributed by atoms with van der Waals surface area (Å²) in [5.74, 6) is 0. The number of nitrogens with one attached hydrogen (secondary N) is 1. The highest BCUT2D eigenvalue weighted by atomic mass is 32.1. The first-order valence-electron chi connectivity index (χ1n) is 6.87. The van der Waals surface area contributed by atoms with Gasteiger partial charge in [-0.2, -0.15) is 0 Å². The maximum atomic E-state index is 3.60. The molecule has 2 heterocycles.